The third kappa shape index (κ3) is 5.24. The van der Waals surface area contributed by atoms with Crippen LogP contribution in [0, 0.1) is 23.6 Å². The fraction of sp³-hybridized carbons (Fsp3) is 0.433. The highest BCUT2D eigenvalue weighted by Gasteiger charge is 2.47. The summed E-state index contributed by atoms with van der Waals surface area (Å²) in [6, 6.07) is 9.27. The summed E-state index contributed by atoms with van der Waals surface area (Å²) in [6.45, 7) is 0.324. The van der Waals surface area contributed by atoms with Crippen molar-refractivity contribution in [2.24, 2.45) is 17.8 Å². The van der Waals surface area contributed by atoms with Crippen LogP contribution in [0.25, 0.3) is 11.3 Å². The number of nitrogens with one attached hydrogen (secondary N) is 1. The van der Waals surface area contributed by atoms with E-state index >= 15 is 0 Å². The molecule has 7 nitrogen and oxygen atoms in total. The predicted molar refractivity (Wildman–Crippen MR) is 148 cm³/mol. The van der Waals surface area contributed by atoms with Gasteiger partial charge in [0.25, 0.3) is 0 Å². The lowest BCUT2D eigenvalue weighted by atomic mass is 9.76. The number of nitrogens with zero attached hydrogens (tertiary/aromatic N) is 1. The number of benzene rings is 2. The normalized spacial score (nSPS) is 23.7. The zero-order valence-electron chi connectivity index (χ0n) is 21.9. The number of methoxy groups -OCH3 is 1. The van der Waals surface area contributed by atoms with Gasteiger partial charge in [-0.1, -0.05) is 34.4 Å². The summed E-state index contributed by atoms with van der Waals surface area (Å²) in [5.74, 6) is -0.258. The number of carbonyl (C=O) groups is 2. The lowest BCUT2D eigenvalue weighted by Gasteiger charge is -2.34. The molecule has 0 spiro atoms. The molecule has 2 atom stereocenters. The molecule has 2 unspecified atom stereocenters. The maximum absolute atomic E-state index is 14.6. The Morgan fingerprint density at radius 3 is 2.40 bits per heavy atom. The van der Waals surface area contributed by atoms with Gasteiger partial charge in [-0.15, -0.1) is 0 Å². The summed E-state index contributed by atoms with van der Waals surface area (Å²) in [4.78, 5) is 24.9. The lowest BCUT2D eigenvalue weighted by Crippen LogP contribution is -2.38. The van der Waals surface area contributed by atoms with E-state index in [0.717, 1.165) is 55.9 Å². The molecule has 3 aliphatic rings. The number of fused-ring (bicyclic) bond motifs is 2. The monoisotopic (exact) mass is 586 g/mol. The largest absolute Gasteiger partial charge is 0.465 e. The molecule has 6 rings (SSSR count). The number of hydrogen-bond acceptors (Lipinski definition) is 6. The van der Waals surface area contributed by atoms with Gasteiger partial charge < -0.3 is 19.3 Å². The molecule has 3 aliphatic carbocycles. The molecule has 2 aromatic carbocycles. The summed E-state index contributed by atoms with van der Waals surface area (Å²) < 4.78 is 31.5. The van der Waals surface area contributed by atoms with E-state index < -0.39 is 11.8 Å². The first-order chi connectivity index (χ1) is 19.3. The molecule has 210 valence electrons. The van der Waals surface area contributed by atoms with E-state index in [-0.39, 0.29) is 41.0 Å². The number of esters is 1. The number of aromatic nitrogens is 1. The lowest BCUT2D eigenvalue weighted by molar-refractivity contribution is -0.125. The van der Waals surface area contributed by atoms with Crippen molar-refractivity contribution in [3.8, 4) is 11.3 Å². The number of hydrogen-bond donors (Lipinski definition) is 1. The van der Waals surface area contributed by atoms with Crippen molar-refractivity contribution in [2.45, 2.75) is 57.2 Å². The fourth-order valence-electron chi connectivity index (χ4n) is 6.36. The second kappa shape index (κ2) is 11.1. The molecule has 3 saturated carbocycles. The highest BCUT2D eigenvalue weighted by Crippen LogP contribution is 2.49. The van der Waals surface area contributed by atoms with E-state index in [4.69, 9.17) is 32.5 Å². The van der Waals surface area contributed by atoms with Gasteiger partial charge >= 0.3 is 5.97 Å². The molecule has 1 heterocycles. The number of rotatable bonds is 8. The molecular weight excluding hydrogens is 558 g/mol. The van der Waals surface area contributed by atoms with Crippen molar-refractivity contribution in [2.75, 3.05) is 12.4 Å². The van der Waals surface area contributed by atoms with E-state index in [1.165, 1.54) is 19.2 Å². The Morgan fingerprint density at radius 1 is 1.07 bits per heavy atom. The quantitative estimate of drug-likeness (QED) is 0.276. The fourth-order valence-corrected chi connectivity index (χ4v) is 6.94. The van der Waals surface area contributed by atoms with Crippen LogP contribution < -0.4 is 5.32 Å². The Hall–Kier alpha value is -2.94. The minimum Gasteiger partial charge on any atom is -0.465 e. The standard InChI is InChI=1S/C30H29Cl2FN2O5/c1-38-30(37)18-9-10-24(23(33)13-18)34-29(36)25-16-7-8-17(25)12-19(11-16)39-14-20-27(35-40-28(20)15-5-6-15)26-21(31)3-2-4-22(26)32/h2-4,9-10,13,15-17,19,25H,5-8,11-12,14H2,1H3,(H,34,36). The molecular formula is C30H29Cl2FN2O5. The number of amides is 1. The third-order valence-electron chi connectivity index (χ3n) is 8.44. The number of carbonyl (C=O) groups excluding carboxylic acids is 2. The maximum atomic E-state index is 14.6. The summed E-state index contributed by atoms with van der Waals surface area (Å²) in [7, 11) is 1.23. The van der Waals surface area contributed by atoms with Crippen LogP contribution in [0.4, 0.5) is 10.1 Å². The smallest absolute Gasteiger partial charge is 0.337 e. The van der Waals surface area contributed by atoms with Gasteiger partial charge in [0.15, 0.2) is 0 Å². The zero-order valence-corrected chi connectivity index (χ0v) is 23.4. The first-order valence-electron chi connectivity index (χ1n) is 13.6. The van der Waals surface area contributed by atoms with E-state index in [9.17, 15) is 14.0 Å². The Kier molecular flexibility index (Phi) is 7.59. The average Bonchev–Trinajstić information content (AvgIpc) is 3.64. The Labute approximate surface area is 241 Å². The van der Waals surface area contributed by atoms with Crippen molar-refractivity contribution in [3.63, 3.8) is 0 Å². The summed E-state index contributed by atoms with van der Waals surface area (Å²) in [5, 5.41) is 8.10. The average molecular weight is 587 g/mol. The van der Waals surface area contributed by atoms with Gasteiger partial charge in [-0.05, 0) is 80.7 Å². The van der Waals surface area contributed by atoms with Crippen LogP contribution in [0.2, 0.25) is 10.0 Å². The van der Waals surface area contributed by atoms with Gasteiger partial charge in [0, 0.05) is 23.0 Å². The van der Waals surface area contributed by atoms with Crippen molar-refractivity contribution < 1.29 is 28.0 Å². The van der Waals surface area contributed by atoms with Gasteiger partial charge in [-0.25, -0.2) is 9.18 Å². The molecule has 10 heteroatoms. The van der Waals surface area contributed by atoms with Crippen molar-refractivity contribution in [1.29, 1.82) is 0 Å². The summed E-state index contributed by atoms with van der Waals surface area (Å²) in [5.41, 5.74) is 2.30. The molecule has 3 fully saturated rings. The molecule has 1 amide bonds. The van der Waals surface area contributed by atoms with Crippen molar-refractivity contribution in [1.82, 2.24) is 5.16 Å². The minimum absolute atomic E-state index is 0.0193. The zero-order chi connectivity index (χ0) is 28.0. The van der Waals surface area contributed by atoms with E-state index in [2.05, 4.69) is 15.2 Å². The van der Waals surface area contributed by atoms with Gasteiger partial charge in [0.2, 0.25) is 5.91 Å². The van der Waals surface area contributed by atoms with Crippen LogP contribution in [-0.4, -0.2) is 30.2 Å². The minimum atomic E-state index is -0.671. The van der Waals surface area contributed by atoms with Crippen molar-refractivity contribution in [3.05, 3.63) is 69.1 Å². The SMILES string of the molecule is COC(=O)c1ccc(NC(=O)C2C3CCC2CC(OCc2c(-c4c(Cl)cccc4Cl)noc2C2CC2)C3)c(F)c1. The van der Waals surface area contributed by atoms with E-state index in [1.54, 1.807) is 18.2 Å². The maximum Gasteiger partial charge on any atom is 0.337 e. The first-order valence-corrected chi connectivity index (χ1v) is 14.3. The molecule has 0 aliphatic heterocycles. The van der Waals surface area contributed by atoms with Gasteiger partial charge in [0.05, 0.1) is 41.1 Å². The molecule has 1 N–H and O–H groups in total. The topological polar surface area (TPSA) is 90.7 Å². The molecule has 2 bridgehead atoms. The molecule has 40 heavy (non-hydrogen) atoms. The molecule has 0 radical (unpaired) electrons. The Balaban J connectivity index is 1.13. The van der Waals surface area contributed by atoms with Crippen LogP contribution in [0.1, 0.15) is 66.1 Å². The van der Waals surface area contributed by atoms with Crippen LogP contribution >= 0.6 is 23.2 Å². The second-order valence-electron chi connectivity index (χ2n) is 10.9. The van der Waals surface area contributed by atoms with Crippen LogP contribution in [0.15, 0.2) is 40.9 Å². The van der Waals surface area contributed by atoms with Crippen LogP contribution in [-0.2, 0) is 20.9 Å². The van der Waals surface area contributed by atoms with E-state index in [1.807, 2.05) is 0 Å². The molecule has 3 aromatic rings. The van der Waals surface area contributed by atoms with E-state index in [0.29, 0.717) is 33.8 Å². The molecule has 1 aromatic heterocycles. The summed E-state index contributed by atoms with van der Waals surface area (Å²) in [6.07, 6.45) is 5.41. The van der Waals surface area contributed by atoms with Crippen LogP contribution in [0.5, 0.6) is 0 Å². The van der Waals surface area contributed by atoms with Gasteiger partial charge in [-0.3, -0.25) is 4.79 Å². The Morgan fingerprint density at radius 2 is 1.77 bits per heavy atom. The van der Waals surface area contributed by atoms with Gasteiger partial charge in [0.1, 0.15) is 17.3 Å². The van der Waals surface area contributed by atoms with Gasteiger partial charge in [-0.2, -0.15) is 0 Å². The predicted octanol–water partition coefficient (Wildman–Crippen LogP) is 7.41. The number of anilines is 1. The second-order valence-corrected chi connectivity index (χ2v) is 11.8. The third-order valence-corrected chi connectivity index (χ3v) is 9.07. The van der Waals surface area contributed by atoms with Crippen LogP contribution in [0.3, 0.4) is 0 Å². The highest BCUT2D eigenvalue weighted by molar-refractivity contribution is 6.39. The number of halogens is 3. The Bertz CT molecular complexity index is 1420. The molecule has 0 saturated heterocycles. The van der Waals surface area contributed by atoms with Crippen molar-refractivity contribution >= 4 is 40.8 Å². The summed E-state index contributed by atoms with van der Waals surface area (Å²) >= 11 is 13.0. The number of ether oxygens (including phenoxy) is 2. The first kappa shape index (κ1) is 27.2. The highest BCUT2D eigenvalue weighted by atomic mass is 35.5.